The molecule has 0 aliphatic rings. The van der Waals surface area contributed by atoms with Crippen molar-refractivity contribution in [3.05, 3.63) is 36.2 Å². The predicted octanol–water partition coefficient (Wildman–Crippen LogP) is 3.38. The van der Waals surface area contributed by atoms with E-state index in [0.29, 0.717) is 42.7 Å². The smallest absolute Gasteiger partial charge is 0.220 e. The van der Waals surface area contributed by atoms with E-state index < -0.39 is 5.54 Å². The van der Waals surface area contributed by atoms with E-state index in [9.17, 15) is 9.59 Å². The summed E-state index contributed by atoms with van der Waals surface area (Å²) in [5, 5.41) is 8.53. The van der Waals surface area contributed by atoms with Crippen LogP contribution < -0.4 is 11.1 Å². The van der Waals surface area contributed by atoms with Crippen molar-refractivity contribution in [3.8, 4) is 11.3 Å². The second-order valence-electron chi connectivity index (χ2n) is 8.58. The number of fused-ring (bicyclic) bond motifs is 1. The van der Waals surface area contributed by atoms with Gasteiger partial charge in [-0.05, 0) is 40.5 Å². The lowest BCUT2D eigenvalue weighted by Gasteiger charge is -2.26. The van der Waals surface area contributed by atoms with Crippen molar-refractivity contribution in [1.29, 1.82) is 0 Å². The fraction of sp³-hybridized carbons (Fsp3) is 0.435. The lowest BCUT2D eigenvalue weighted by molar-refractivity contribution is -0.122. The molecule has 3 N–H and O–H groups in total. The lowest BCUT2D eigenvalue weighted by atomic mass is 10.1. The fourth-order valence-corrected chi connectivity index (χ4v) is 3.45. The molecule has 1 aromatic carbocycles. The Morgan fingerprint density at radius 2 is 1.77 bits per heavy atom. The lowest BCUT2D eigenvalue weighted by Crippen LogP contribution is -2.41. The van der Waals surface area contributed by atoms with Crippen molar-refractivity contribution in [2.75, 3.05) is 12.3 Å². The van der Waals surface area contributed by atoms with Gasteiger partial charge < -0.3 is 15.8 Å². The predicted molar refractivity (Wildman–Crippen MR) is 121 cm³/mol. The minimum absolute atomic E-state index is 0.0408. The van der Waals surface area contributed by atoms with Crippen LogP contribution in [-0.4, -0.2) is 38.0 Å². The van der Waals surface area contributed by atoms with Gasteiger partial charge in [-0.3, -0.25) is 4.79 Å². The van der Waals surface area contributed by atoms with Gasteiger partial charge in [-0.15, -0.1) is 0 Å². The average molecular weight is 423 g/mol. The van der Waals surface area contributed by atoms with Gasteiger partial charge in [-0.25, -0.2) is 14.6 Å². The van der Waals surface area contributed by atoms with E-state index in [0.717, 1.165) is 23.2 Å². The van der Waals surface area contributed by atoms with Crippen LogP contribution in [0.2, 0.25) is 0 Å². The van der Waals surface area contributed by atoms with Gasteiger partial charge in [0.2, 0.25) is 5.91 Å². The first-order valence-corrected chi connectivity index (χ1v) is 10.5. The van der Waals surface area contributed by atoms with Crippen LogP contribution in [0, 0.1) is 6.92 Å². The zero-order valence-electron chi connectivity index (χ0n) is 18.6. The molecule has 8 nitrogen and oxygen atoms in total. The highest BCUT2D eigenvalue weighted by atomic mass is 16.1. The van der Waals surface area contributed by atoms with Crippen LogP contribution >= 0.6 is 0 Å². The number of aromatic nitrogens is 4. The summed E-state index contributed by atoms with van der Waals surface area (Å²) >= 11 is 0. The number of nitrogens with one attached hydrogen (secondary N) is 1. The SMILES string of the molecule is CC(=O)CCCCC(=O)NCC(C)(C)n1nc(-c2ccc(C)cc2)c2c(N)ncnc21. The number of rotatable bonds is 9. The Hall–Kier alpha value is -3.29. The second-order valence-corrected chi connectivity index (χ2v) is 8.58. The maximum atomic E-state index is 12.3. The topological polar surface area (TPSA) is 116 Å². The molecule has 3 rings (SSSR count). The first-order valence-electron chi connectivity index (χ1n) is 10.5. The van der Waals surface area contributed by atoms with Crippen molar-refractivity contribution in [2.24, 2.45) is 0 Å². The summed E-state index contributed by atoms with van der Waals surface area (Å²) in [6.07, 6.45) is 3.76. The summed E-state index contributed by atoms with van der Waals surface area (Å²) in [6.45, 7) is 7.97. The molecule has 2 aromatic heterocycles. The Bertz CT molecular complexity index is 1090. The number of amides is 1. The summed E-state index contributed by atoms with van der Waals surface area (Å²) < 4.78 is 1.81. The third-order valence-electron chi connectivity index (χ3n) is 5.29. The molecule has 2 heterocycles. The van der Waals surface area contributed by atoms with Crippen molar-refractivity contribution in [3.63, 3.8) is 0 Å². The summed E-state index contributed by atoms with van der Waals surface area (Å²) in [4.78, 5) is 31.9. The van der Waals surface area contributed by atoms with Gasteiger partial charge in [0.05, 0.1) is 10.9 Å². The van der Waals surface area contributed by atoms with Crippen molar-refractivity contribution < 1.29 is 9.59 Å². The number of anilines is 1. The Morgan fingerprint density at radius 1 is 1.10 bits per heavy atom. The van der Waals surface area contributed by atoms with E-state index in [4.69, 9.17) is 10.8 Å². The molecule has 0 saturated heterocycles. The number of benzene rings is 1. The number of carbonyl (C=O) groups is 2. The number of carbonyl (C=O) groups excluding carboxylic acids is 2. The standard InChI is InChI=1S/C23H30N6O2/c1-15-9-11-17(12-10-15)20-19-21(24)26-14-27-22(19)29(28-20)23(3,4)13-25-18(31)8-6-5-7-16(2)30/h9-12,14H,5-8,13H2,1-4H3,(H,25,31)(H2,24,26,27). The van der Waals surface area contributed by atoms with Gasteiger partial charge in [0.25, 0.3) is 0 Å². The first kappa shape index (κ1) is 22.4. The molecule has 0 unspecified atom stereocenters. The Morgan fingerprint density at radius 3 is 2.45 bits per heavy atom. The summed E-state index contributed by atoms with van der Waals surface area (Å²) in [5.74, 6) is 0.482. The van der Waals surface area contributed by atoms with Gasteiger partial charge in [0.1, 0.15) is 23.6 Å². The minimum atomic E-state index is -0.545. The molecular formula is C23H30N6O2. The number of hydrogen-bond donors (Lipinski definition) is 2. The molecule has 0 saturated carbocycles. The highest BCUT2D eigenvalue weighted by Crippen LogP contribution is 2.32. The van der Waals surface area contributed by atoms with Crippen molar-refractivity contribution in [1.82, 2.24) is 25.1 Å². The van der Waals surface area contributed by atoms with E-state index in [1.165, 1.54) is 6.33 Å². The average Bonchev–Trinajstić information content (AvgIpc) is 3.12. The maximum Gasteiger partial charge on any atom is 0.220 e. The molecule has 164 valence electrons. The Kier molecular flexibility index (Phi) is 6.68. The number of nitrogen functional groups attached to an aromatic ring is 1. The van der Waals surface area contributed by atoms with Gasteiger partial charge in [0, 0.05) is 24.9 Å². The van der Waals surface area contributed by atoms with Crippen LogP contribution in [0.1, 0.15) is 52.0 Å². The molecule has 0 fully saturated rings. The Balaban J connectivity index is 1.82. The monoisotopic (exact) mass is 422 g/mol. The highest BCUT2D eigenvalue weighted by Gasteiger charge is 2.28. The number of nitrogens with two attached hydrogens (primary N) is 1. The van der Waals surface area contributed by atoms with Crippen LogP contribution in [0.5, 0.6) is 0 Å². The molecule has 3 aromatic rings. The van der Waals surface area contributed by atoms with E-state index in [-0.39, 0.29) is 11.7 Å². The van der Waals surface area contributed by atoms with E-state index >= 15 is 0 Å². The largest absolute Gasteiger partial charge is 0.383 e. The summed E-state index contributed by atoms with van der Waals surface area (Å²) in [7, 11) is 0. The number of hydrogen-bond acceptors (Lipinski definition) is 6. The zero-order chi connectivity index (χ0) is 22.6. The van der Waals surface area contributed by atoms with E-state index in [2.05, 4.69) is 15.3 Å². The Labute approximate surface area is 182 Å². The van der Waals surface area contributed by atoms with Crippen LogP contribution in [-0.2, 0) is 15.1 Å². The van der Waals surface area contributed by atoms with Gasteiger partial charge >= 0.3 is 0 Å². The molecule has 0 radical (unpaired) electrons. The quantitative estimate of drug-likeness (QED) is 0.511. The minimum Gasteiger partial charge on any atom is -0.383 e. The third kappa shape index (κ3) is 5.25. The number of Topliss-reactive ketones (excluding diaryl/α,β-unsaturated/α-hetero) is 1. The number of ketones is 1. The highest BCUT2D eigenvalue weighted by molar-refractivity contribution is 5.98. The molecule has 0 aliphatic carbocycles. The molecule has 0 spiro atoms. The maximum absolute atomic E-state index is 12.3. The summed E-state index contributed by atoms with van der Waals surface area (Å²) in [5.41, 5.74) is 9.08. The molecule has 0 aliphatic heterocycles. The molecular weight excluding hydrogens is 392 g/mol. The van der Waals surface area contributed by atoms with Crippen LogP contribution in [0.4, 0.5) is 5.82 Å². The van der Waals surface area contributed by atoms with Crippen LogP contribution in [0.15, 0.2) is 30.6 Å². The van der Waals surface area contributed by atoms with E-state index in [1.807, 2.05) is 49.7 Å². The molecule has 8 heteroatoms. The fourth-order valence-electron chi connectivity index (χ4n) is 3.45. The summed E-state index contributed by atoms with van der Waals surface area (Å²) in [6, 6.07) is 8.06. The molecule has 1 amide bonds. The molecule has 0 bridgehead atoms. The van der Waals surface area contributed by atoms with Gasteiger partial charge in [0.15, 0.2) is 5.65 Å². The molecule has 0 atom stereocenters. The van der Waals surface area contributed by atoms with E-state index in [1.54, 1.807) is 6.92 Å². The second kappa shape index (κ2) is 9.24. The van der Waals surface area contributed by atoms with Crippen molar-refractivity contribution in [2.45, 2.75) is 58.9 Å². The van der Waals surface area contributed by atoms with Gasteiger partial charge in [-0.1, -0.05) is 29.8 Å². The normalized spacial score (nSPS) is 11.6. The first-order chi connectivity index (χ1) is 14.7. The van der Waals surface area contributed by atoms with Crippen LogP contribution in [0.25, 0.3) is 22.3 Å². The zero-order valence-corrected chi connectivity index (χ0v) is 18.6. The number of aryl methyl sites for hydroxylation is 1. The van der Waals surface area contributed by atoms with Crippen molar-refractivity contribution >= 4 is 28.5 Å². The number of unbranched alkanes of at least 4 members (excludes halogenated alkanes) is 1. The van der Waals surface area contributed by atoms with Crippen LogP contribution in [0.3, 0.4) is 0 Å². The molecule has 31 heavy (non-hydrogen) atoms. The number of nitrogens with zero attached hydrogens (tertiary/aromatic N) is 4. The third-order valence-corrected chi connectivity index (χ3v) is 5.29. The van der Waals surface area contributed by atoms with Gasteiger partial charge in [-0.2, -0.15) is 5.10 Å².